The summed E-state index contributed by atoms with van der Waals surface area (Å²) in [4.78, 5) is 11.8. The van der Waals surface area contributed by atoms with Crippen molar-refractivity contribution in [2.45, 2.75) is 13.3 Å². The Morgan fingerprint density at radius 3 is 2.37 bits per heavy atom. The minimum Gasteiger partial charge on any atom is -0.362 e. The molecule has 0 amide bonds. The molecule has 0 heterocycles. The highest BCUT2D eigenvalue weighted by Crippen LogP contribution is 2.10. The average Bonchev–Trinajstić information content (AvgIpc) is 2.49. The Labute approximate surface area is 113 Å². The summed E-state index contributed by atoms with van der Waals surface area (Å²) in [5.41, 5.74) is 2.98. The number of carbonyl (C=O) groups excluding carboxylic acids is 1. The van der Waals surface area contributed by atoms with E-state index in [-0.39, 0.29) is 5.78 Å². The number of rotatable bonds is 5. The van der Waals surface area contributed by atoms with Crippen LogP contribution in [-0.2, 0) is 6.42 Å². The van der Waals surface area contributed by atoms with Crippen molar-refractivity contribution in [3.8, 4) is 0 Å². The fraction of sp³-hybridized carbons (Fsp3) is 0.118. The minimum atomic E-state index is -0.00159. The van der Waals surface area contributed by atoms with Gasteiger partial charge in [-0.25, -0.2) is 0 Å². The average molecular weight is 251 g/mol. The molecule has 2 aromatic carbocycles. The quantitative estimate of drug-likeness (QED) is 0.641. The van der Waals surface area contributed by atoms with Crippen LogP contribution in [0.5, 0.6) is 0 Å². The first kappa shape index (κ1) is 13.1. The van der Waals surface area contributed by atoms with Gasteiger partial charge in [0.25, 0.3) is 0 Å². The van der Waals surface area contributed by atoms with Crippen LogP contribution in [0, 0.1) is 0 Å². The summed E-state index contributed by atoms with van der Waals surface area (Å²) in [7, 11) is 0. The highest BCUT2D eigenvalue weighted by molar-refractivity contribution is 6.04. The number of allylic oxidation sites excluding steroid dienone is 1. The van der Waals surface area contributed by atoms with Crippen molar-refractivity contribution in [1.82, 2.24) is 0 Å². The predicted octanol–water partition coefficient (Wildman–Crippen LogP) is 4.06. The highest BCUT2D eigenvalue weighted by atomic mass is 16.1. The van der Waals surface area contributed by atoms with E-state index in [2.05, 4.69) is 24.4 Å². The lowest BCUT2D eigenvalue weighted by molar-refractivity contribution is 0.104. The molecular formula is C17H17NO. The largest absolute Gasteiger partial charge is 0.362 e. The third-order valence-electron chi connectivity index (χ3n) is 2.91. The Hall–Kier alpha value is -2.35. The smallest absolute Gasteiger partial charge is 0.187 e. The highest BCUT2D eigenvalue weighted by Gasteiger charge is 1.98. The van der Waals surface area contributed by atoms with Crippen molar-refractivity contribution in [2.75, 3.05) is 5.32 Å². The summed E-state index contributed by atoms with van der Waals surface area (Å²) >= 11 is 0. The van der Waals surface area contributed by atoms with E-state index in [0.717, 1.165) is 12.1 Å². The normalized spacial score (nSPS) is 10.6. The Morgan fingerprint density at radius 1 is 1.05 bits per heavy atom. The van der Waals surface area contributed by atoms with Crippen LogP contribution in [0.15, 0.2) is 66.9 Å². The molecule has 19 heavy (non-hydrogen) atoms. The fourth-order valence-electron chi connectivity index (χ4n) is 1.75. The molecular weight excluding hydrogens is 234 g/mol. The maximum Gasteiger partial charge on any atom is 0.187 e. The number of aryl methyl sites for hydroxylation is 1. The second-order valence-corrected chi connectivity index (χ2v) is 4.26. The molecule has 96 valence electrons. The van der Waals surface area contributed by atoms with Gasteiger partial charge in [-0.3, -0.25) is 4.79 Å². The topological polar surface area (TPSA) is 29.1 Å². The number of nitrogens with one attached hydrogen (secondary N) is 1. The van der Waals surface area contributed by atoms with Gasteiger partial charge in [0.05, 0.1) is 0 Å². The van der Waals surface area contributed by atoms with E-state index in [1.165, 1.54) is 5.56 Å². The second-order valence-electron chi connectivity index (χ2n) is 4.26. The molecule has 0 bridgehead atoms. The predicted molar refractivity (Wildman–Crippen MR) is 79.4 cm³/mol. The van der Waals surface area contributed by atoms with Crippen LogP contribution in [0.3, 0.4) is 0 Å². The van der Waals surface area contributed by atoms with Crippen molar-refractivity contribution in [3.05, 3.63) is 78.0 Å². The van der Waals surface area contributed by atoms with Gasteiger partial charge in [-0.15, -0.1) is 0 Å². The van der Waals surface area contributed by atoms with Crippen LogP contribution in [0.2, 0.25) is 0 Å². The Balaban J connectivity index is 1.94. The van der Waals surface area contributed by atoms with Crippen LogP contribution < -0.4 is 5.32 Å². The lowest BCUT2D eigenvalue weighted by Gasteiger charge is -2.02. The third kappa shape index (κ3) is 3.81. The first-order valence-electron chi connectivity index (χ1n) is 6.41. The zero-order valence-electron chi connectivity index (χ0n) is 11.0. The molecule has 0 aliphatic carbocycles. The van der Waals surface area contributed by atoms with E-state index in [9.17, 15) is 4.79 Å². The van der Waals surface area contributed by atoms with Gasteiger partial charge in [0.15, 0.2) is 5.78 Å². The van der Waals surface area contributed by atoms with Crippen LogP contribution in [0.25, 0.3) is 0 Å². The van der Waals surface area contributed by atoms with E-state index in [1.54, 1.807) is 12.3 Å². The van der Waals surface area contributed by atoms with Crippen LogP contribution >= 0.6 is 0 Å². The van der Waals surface area contributed by atoms with E-state index < -0.39 is 0 Å². The van der Waals surface area contributed by atoms with Crippen LogP contribution in [0.4, 0.5) is 5.69 Å². The van der Waals surface area contributed by atoms with Crippen molar-refractivity contribution >= 4 is 11.5 Å². The van der Waals surface area contributed by atoms with Gasteiger partial charge in [-0.1, -0.05) is 49.4 Å². The summed E-state index contributed by atoms with van der Waals surface area (Å²) in [6.07, 6.45) is 4.25. The molecule has 0 aliphatic rings. The van der Waals surface area contributed by atoms with Crippen molar-refractivity contribution in [3.63, 3.8) is 0 Å². The molecule has 2 nitrogen and oxygen atoms in total. The zero-order chi connectivity index (χ0) is 13.5. The Kier molecular flexibility index (Phi) is 4.51. The van der Waals surface area contributed by atoms with Gasteiger partial charge >= 0.3 is 0 Å². The lowest BCUT2D eigenvalue weighted by atomic mass is 10.1. The molecule has 2 rings (SSSR count). The third-order valence-corrected chi connectivity index (χ3v) is 2.91. The molecule has 0 aromatic heterocycles. The van der Waals surface area contributed by atoms with Crippen molar-refractivity contribution in [2.24, 2.45) is 0 Å². The van der Waals surface area contributed by atoms with E-state index in [4.69, 9.17) is 0 Å². The SMILES string of the molecule is CCc1ccc(N/C=C/C(=O)c2ccccc2)cc1. The zero-order valence-corrected chi connectivity index (χ0v) is 11.0. The molecule has 0 saturated carbocycles. The van der Waals surface area contributed by atoms with Gasteiger partial charge in [0.2, 0.25) is 0 Å². The molecule has 1 N–H and O–H groups in total. The molecule has 0 atom stereocenters. The number of benzene rings is 2. The van der Waals surface area contributed by atoms with Crippen LogP contribution in [0.1, 0.15) is 22.8 Å². The molecule has 0 spiro atoms. The summed E-state index contributed by atoms with van der Waals surface area (Å²) in [5, 5.41) is 3.10. The number of hydrogen-bond donors (Lipinski definition) is 1. The van der Waals surface area contributed by atoms with Crippen molar-refractivity contribution in [1.29, 1.82) is 0 Å². The maximum absolute atomic E-state index is 11.8. The van der Waals surface area contributed by atoms with E-state index >= 15 is 0 Å². The van der Waals surface area contributed by atoms with Gasteiger partial charge in [-0.2, -0.15) is 0 Å². The maximum atomic E-state index is 11.8. The summed E-state index contributed by atoms with van der Waals surface area (Å²) in [6.45, 7) is 2.13. The number of carbonyl (C=O) groups is 1. The molecule has 2 heteroatoms. The fourth-order valence-corrected chi connectivity index (χ4v) is 1.75. The second kappa shape index (κ2) is 6.55. The number of anilines is 1. The van der Waals surface area contributed by atoms with E-state index in [1.807, 2.05) is 42.5 Å². The molecule has 0 aliphatic heterocycles. The standard InChI is InChI=1S/C17H17NO/c1-2-14-8-10-16(11-9-14)18-13-12-17(19)15-6-4-3-5-7-15/h3-13,18H,2H2,1H3/b13-12+. The minimum absolute atomic E-state index is 0.00159. The molecule has 2 aromatic rings. The van der Waals surface area contributed by atoms with Crippen molar-refractivity contribution < 1.29 is 4.79 Å². The molecule has 0 fully saturated rings. The number of ketones is 1. The van der Waals surface area contributed by atoms with Crippen LogP contribution in [-0.4, -0.2) is 5.78 Å². The summed E-state index contributed by atoms with van der Waals surface area (Å²) < 4.78 is 0. The first-order chi connectivity index (χ1) is 9.29. The first-order valence-corrected chi connectivity index (χ1v) is 6.41. The Morgan fingerprint density at radius 2 is 1.74 bits per heavy atom. The summed E-state index contributed by atoms with van der Waals surface area (Å²) in [5.74, 6) is -0.00159. The van der Waals surface area contributed by atoms with E-state index in [0.29, 0.717) is 5.56 Å². The molecule has 0 saturated heterocycles. The lowest BCUT2D eigenvalue weighted by Crippen LogP contribution is -1.95. The monoisotopic (exact) mass is 251 g/mol. The Bertz CT molecular complexity index is 556. The molecule has 0 unspecified atom stereocenters. The van der Waals surface area contributed by atoms with Gasteiger partial charge < -0.3 is 5.32 Å². The van der Waals surface area contributed by atoms with Gasteiger partial charge in [0.1, 0.15) is 0 Å². The van der Waals surface area contributed by atoms with Gasteiger partial charge in [0, 0.05) is 23.5 Å². The molecule has 0 radical (unpaired) electrons. The van der Waals surface area contributed by atoms with Gasteiger partial charge in [-0.05, 0) is 24.1 Å². The number of hydrogen-bond acceptors (Lipinski definition) is 2. The summed E-state index contributed by atoms with van der Waals surface area (Å²) in [6, 6.07) is 17.4.